The van der Waals surface area contributed by atoms with E-state index in [0.717, 1.165) is 29.7 Å². The zero-order valence-electron chi connectivity index (χ0n) is 12.7. The summed E-state index contributed by atoms with van der Waals surface area (Å²) in [7, 11) is 0. The molecular formula is C17H18BrN3O2. The van der Waals surface area contributed by atoms with E-state index < -0.39 is 0 Å². The van der Waals surface area contributed by atoms with Gasteiger partial charge in [-0.1, -0.05) is 28.1 Å². The quantitative estimate of drug-likeness (QED) is 0.895. The number of benzene rings is 1. The van der Waals surface area contributed by atoms with Crippen molar-refractivity contribution >= 4 is 21.8 Å². The maximum Gasteiger partial charge on any atom is 0.307 e. The van der Waals surface area contributed by atoms with Gasteiger partial charge in [-0.05, 0) is 44.0 Å². The lowest BCUT2D eigenvalue weighted by Crippen LogP contribution is -2.57. The minimum absolute atomic E-state index is 0.136. The number of oxazole rings is 1. The van der Waals surface area contributed by atoms with Crippen LogP contribution in [0.5, 0.6) is 0 Å². The molecule has 0 spiro atoms. The van der Waals surface area contributed by atoms with Crippen molar-refractivity contribution in [1.29, 1.82) is 0 Å². The van der Waals surface area contributed by atoms with Crippen LogP contribution in [0.1, 0.15) is 23.5 Å². The number of hydrogen-bond acceptors (Lipinski definition) is 4. The molecule has 5 rings (SSSR count). The summed E-state index contributed by atoms with van der Waals surface area (Å²) >= 11 is 3.43. The number of nitrogens with one attached hydrogen (secondary N) is 1. The van der Waals surface area contributed by atoms with E-state index >= 15 is 0 Å². The number of aromatic nitrogens is 1. The summed E-state index contributed by atoms with van der Waals surface area (Å²) in [5.74, 6) is 1.11. The van der Waals surface area contributed by atoms with Crippen LogP contribution in [0, 0.1) is 5.92 Å². The molecule has 1 N–H and O–H groups in total. The highest BCUT2D eigenvalue weighted by Crippen LogP contribution is 2.28. The highest BCUT2D eigenvalue weighted by molar-refractivity contribution is 9.10. The van der Waals surface area contributed by atoms with Gasteiger partial charge in [-0.2, -0.15) is 0 Å². The summed E-state index contributed by atoms with van der Waals surface area (Å²) < 4.78 is 6.61. The van der Waals surface area contributed by atoms with Crippen molar-refractivity contribution in [2.24, 2.45) is 5.92 Å². The van der Waals surface area contributed by atoms with Gasteiger partial charge in [-0.25, -0.2) is 4.98 Å². The lowest BCUT2D eigenvalue weighted by Gasteiger charge is -2.44. The van der Waals surface area contributed by atoms with Gasteiger partial charge in [0.05, 0.1) is 6.20 Å². The van der Waals surface area contributed by atoms with Crippen molar-refractivity contribution in [3.05, 3.63) is 40.8 Å². The number of fused-ring (bicyclic) bond motifs is 3. The molecule has 2 aromatic rings. The summed E-state index contributed by atoms with van der Waals surface area (Å²) in [5, 5.41) is 3.10. The molecule has 3 aliphatic rings. The molecule has 0 saturated carbocycles. The Bertz CT molecular complexity index is 722. The third kappa shape index (κ3) is 3.05. The van der Waals surface area contributed by atoms with E-state index in [2.05, 4.69) is 31.1 Å². The van der Waals surface area contributed by atoms with E-state index in [1.165, 1.54) is 12.8 Å². The van der Waals surface area contributed by atoms with Gasteiger partial charge in [0, 0.05) is 22.6 Å². The summed E-state index contributed by atoms with van der Waals surface area (Å²) in [4.78, 5) is 19.0. The van der Waals surface area contributed by atoms with Crippen LogP contribution in [0.4, 0.5) is 0 Å². The molecule has 0 aliphatic carbocycles. The van der Waals surface area contributed by atoms with Crippen LogP contribution >= 0.6 is 15.9 Å². The highest BCUT2D eigenvalue weighted by Gasteiger charge is 2.35. The van der Waals surface area contributed by atoms with Crippen molar-refractivity contribution in [1.82, 2.24) is 15.2 Å². The number of carbonyl (C=O) groups excluding carboxylic acids is 1. The Morgan fingerprint density at radius 1 is 1.35 bits per heavy atom. The van der Waals surface area contributed by atoms with Gasteiger partial charge in [0.2, 0.25) is 0 Å². The number of rotatable bonds is 3. The monoisotopic (exact) mass is 375 g/mol. The first kappa shape index (κ1) is 14.9. The average Bonchev–Trinajstić information content (AvgIpc) is 3.06. The first-order valence-corrected chi connectivity index (χ1v) is 8.73. The molecule has 1 aromatic carbocycles. The maximum atomic E-state index is 12.4. The Kier molecular flexibility index (Phi) is 3.95. The van der Waals surface area contributed by atoms with Crippen molar-refractivity contribution < 1.29 is 9.21 Å². The molecule has 5 nitrogen and oxygen atoms in total. The number of hydrogen-bond donors (Lipinski definition) is 1. The number of amides is 1. The fraction of sp³-hybridized carbons (Fsp3) is 0.412. The van der Waals surface area contributed by atoms with E-state index in [1.54, 1.807) is 6.20 Å². The van der Waals surface area contributed by atoms with Crippen molar-refractivity contribution in [2.45, 2.75) is 18.9 Å². The van der Waals surface area contributed by atoms with Crippen LogP contribution in [0.15, 0.2) is 39.4 Å². The maximum absolute atomic E-state index is 12.4. The van der Waals surface area contributed by atoms with Gasteiger partial charge in [-0.3, -0.25) is 4.79 Å². The average molecular weight is 376 g/mol. The van der Waals surface area contributed by atoms with E-state index in [1.807, 2.05) is 24.3 Å². The summed E-state index contributed by atoms with van der Waals surface area (Å²) in [6.45, 7) is 3.25. The first-order chi connectivity index (χ1) is 11.2. The van der Waals surface area contributed by atoms with Crippen LogP contribution in [0.2, 0.25) is 0 Å². The first-order valence-electron chi connectivity index (χ1n) is 7.94. The van der Waals surface area contributed by atoms with Gasteiger partial charge in [0.25, 0.3) is 5.89 Å². The van der Waals surface area contributed by atoms with Crippen LogP contribution in [0.25, 0.3) is 11.3 Å². The number of halogens is 1. The van der Waals surface area contributed by atoms with E-state index in [0.29, 0.717) is 11.7 Å². The Balaban J connectivity index is 1.47. The predicted octanol–water partition coefficient (Wildman–Crippen LogP) is 2.93. The van der Waals surface area contributed by atoms with E-state index in [-0.39, 0.29) is 17.8 Å². The topological polar surface area (TPSA) is 58.4 Å². The molecule has 3 saturated heterocycles. The SMILES string of the molecule is O=C(NC1CN2CCC1CC2)c1ncc(-c2cccc(Br)c2)o1. The van der Waals surface area contributed by atoms with Crippen molar-refractivity contribution in [2.75, 3.05) is 19.6 Å². The lowest BCUT2D eigenvalue weighted by atomic mass is 9.84. The Labute approximate surface area is 143 Å². The van der Waals surface area contributed by atoms with Crippen LogP contribution in [-0.2, 0) is 0 Å². The van der Waals surface area contributed by atoms with Crippen LogP contribution in [0.3, 0.4) is 0 Å². The molecule has 4 heterocycles. The second kappa shape index (κ2) is 6.09. The van der Waals surface area contributed by atoms with Crippen LogP contribution < -0.4 is 5.32 Å². The zero-order valence-corrected chi connectivity index (χ0v) is 14.3. The molecule has 120 valence electrons. The van der Waals surface area contributed by atoms with Gasteiger partial charge >= 0.3 is 5.91 Å². The van der Waals surface area contributed by atoms with Crippen molar-refractivity contribution in [3.8, 4) is 11.3 Å². The molecule has 2 bridgehead atoms. The Morgan fingerprint density at radius 3 is 2.87 bits per heavy atom. The fourth-order valence-corrected chi connectivity index (χ4v) is 3.91. The normalized spacial score (nSPS) is 26.2. The molecule has 1 amide bonds. The minimum Gasteiger partial charge on any atom is -0.432 e. The Morgan fingerprint density at radius 2 is 2.17 bits per heavy atom. The molecule has 0 radical (unpaired) electrons. The molecule has 3 aliphatic heterocycles. The largest absolute Gasteiger partial charge is 0.432 e. The second-order valence-electron chi connectivity index (χ2n) is 6.26. The minimum atomic E-state index is -0.218. The molecule has 3 fully saturated rings. The molecule has 1 unspecified atom stereocenters. The van der Waals surface area contributed by atoms with Gasteiger partial charge in [0.1, 0.15) is 0 Å². The number of piperidine rings is 3. The molecule has 1 atom stereocenters. The molecule has 6 heteroatoms. The lowest BCUT2D eigenvalue weighted by molar-refractivity contribution is 0.0602. The fourth-order valence-electron chi connectivity index (χ4n) is 3.51. The molecular weight excluding hydrogens is 358 g/mol. The summed E-state index contributed by atoms with van der Waals surface area (Å²) in [5.41, 5.74) is 0.897. The zero-order chi connectivity index (χ0) is 15.8. The number of nitrogens with zero attached hydrogens (tertiary/aromatic N) is 2. The second-order valence-corrected chi connectivity index (χ2v) is 7.17. The highest BCUT2D eigenvalue weighted by atomic mass is 79.9. The third-order valence-corrected chi connectivity index (χ3v) is 5.27. The molecule has 23 heavy (non-hydrogen) atoms. The van der Waals surface area contributed by atoms with E-state index in [9.17, 15) is 4.79 Å². The van der Waals surface area contributed by atoms with E-state index in [4.69, 9.17) is 4.42 Å². The van der Waals surface area contributed by atoms with Crippen molar-refractivity contribution in [3.63, 3.8) is 0 Å². The van der Waals surface area contributed by atoms with Crippen LogP contribution in [-0.4, -0.2) is 41.5 Å². The smallest absolute Gasteiger partial charge is 0.307 e. The standard InChI is InChI=1S/C17H18BrN3O2/c18-13-3-1-2-12(8-13)15-9-19-17(23-15)16(22)20-14-10-21-6-4-11(14)5-7-21/h1-3,8-9,11,14H,4-7,10H2,(H,20,22). The van der Waals surface area contributed by atoms with Gasteiger partial charge in [0.15, 0.2) is 5.76 Å². The van der Waals surface area contributed by atoms with Gasteiger partial charge < -0.3 is 14.6 Å². The summed E-state index contributed by atoms with van der Waals surface area (Å²) in [6.07, 6.45) is 3.94. The summed E-state index contributed by atoms with van der Waals surface area (Å²) in [6, 6.07) is 7.96. The third-order valence-electron chi connectivity index (χ3n) is 4.78. The predicted molar refractivity (Wildman–Crippen MR) is 90.1 cm³/mol. The molecule has 1 aromatic heterocycles. The Hall–Kier alpha value is -1.66. The van der Waals surface area contributed by atoms with Gasteiger partial charge in [-0.15, -0.1) is 0 Å². The number of carbonyl (C=O) groups is 1.